The van der Waals surface area contributed by atoms with Crippen molar-refractivity contribution in [2.45, 2.75) is 50.4 Å². The number of hydrogen-bond acceptors (Lipinski definition) is 7. The lowest BCUT2D eigenvalue weighted by Gasteiger charge is -2.25. The number of H-pyrrole nitrogens is 1. The summed E-state index contributed by atoms with van der Waals surface area (Å²) in [5, 5.41) is 26.5. The van der Waals surface area contributed by atoms with Gasteiger partial charge in [-0.25, -0.2) is 0 Å². The molecular weight excluding hydrogens is 460 g/mol. The average Bonchev–Trinajstić information content (AvgIpc) is 3.20. The van der Waals surface area contributed by atoms with Crippen molar-refractivity contribution in [3.05, 3.63) is 36.0 Å². The minimum atomic E-state index is -1.47. The summed E-state index contributed by atoms with van der Waals surface area (Å²) in [4.78, 5) is 62.7. The van der Waals surface area contributed by atoms with Crippen molar-refractivity contribution < 1.29 is 34.2 Å². The van der Waals surface area contributed by atoms with Gasteiger partial charge in [-0.2, -0.15) is 0 Å². The van der Waals surface area contributed by atoms with Gasteiger partial charge >= 0.3 is 5.97 Å². The van der Waals surface area contributed by atoms with Gasteiger partial charge in [0, 0.05) is 23.5 Å². The van der Waals surface area contributed by atoms with Crippen LogP contribution in [0.2, 0.25) is 0 Å². The summed E-state index contributed by atoms with van der Waals surface area (Å²) >= 11 is 0. The molecule has 4 amide bonds. The zero-order valence-corrected chi connectivity index (χ0v) is 19.1. The molecular formula is C22H30N6O7. The third-order valence-electron chi connectivity index (χ3n) is 5.24. The number of nitrogens with two attached hydrogens (primary N) is 2. The number of carboxylic acids is 1. The Hall–Kier alpha value is -3.97. The van der Waals surface area contributed by atoms with Gasteiger partial charge in [0.15, 0.2) is 0 Å². The maximum Gasteiger partial charge on any atom is 0.322 e. The fourth-order valence-corrected chi connectivity index (χ4v) is 3.40. The van der Waals surface area contributed by atoms with Crippen LogP contribution in [0.15, 0.2) is 30.5 Å². The SMILES string of the molecule is CC(O)C(NC(=O)C(N)Cc1c[nH]c2ccccc12)C(=O)NC(CCC(N)=O)C(=O)NCC(=O)O. The number of amides is 4. The molecule has 2 aromatic rings. The van der Waals surface area contributed by atoms with E-state index in [4.69, 9.17) is 16.6 Å². The lowest BCUT2D eigenvalue weighted by atomic mass is 10.0. The fourth-order valence-electron chi connectivity index (χ4n) is 3.40. The molecule has 0 aliphatic rings. The molecule has 1 aromatic heterocycles. The highest BCUT2D eigenvalue weighted by atomic mass is 16.4. The molecule has 1 heterocycles. The molecule has 0 saturated heterocycles. The summed E-state index contributed by atoms with van der Waals surface area (Å²) in [6.07, 6.45) is 0.0382. The summed E-state index contributed by atoms with van der Waals surface area (Å²) in [6, 6.07) is 3.61. The summed E-state index contributed by atoms with van der Waals surface area (Å²) in [6.45, 7) is 0.555. The van der Waals surface area contributed by atoms with Crippen LogP contribution >= 0.6 is 0 Å². The first-order valence-corrected chi connectivity index (χ1v) is 10.9. The number of aliphatic hydroxyl groups is 1. The first kappa shape index (κ1) is 27.3. The molecule has 0 bridgehead atoms. The highest BCUT2D eigenvalue weighted by molar-refractivity contribution is 5.94. The Morgan fingerprint density at radius 1 is 1.06 bits per heavy atom. The number of carbonyl (C=O) groups is 5. The highest BCUT2D eigenvalue weighted by Gasteiger charge is 2.31. The summed E-state index contributed by atoms with van der Waals surface area (Å²) in [5.41, 5.74) is 12.8. The number of fused-ring (bicyclic) bond motifs is 1. The van der Waals surface area contributed by atoms with Crippen LogP contribution in [0, 0.1) is 0 Å². The van der Waals surface area contributed by atoms with E-state index in [0.29, 0.717) is 0 Å². The molecule has 0 fully saturated rings. The van der Waals surface area contributed by atoms with E-state index in [0.717, 1.165) is 16.5 Å². The van der Waals surface area contributed by atoms with Crippen molar-refractivity contribution in [1.82, 2.24) is 20.9 Å². The summed E-state index contributed by atoms with van der Waals surface area (Å²) < 4.78 is 0. The van der Waals surface area contributed by atoms with E-state index in [2.05, 4.69) is 20.9 Å². The lowest BCUT2D eigenvalue weighted by Crippen LogP contribution is -2.59. The Morgan fingerprint density at radius 2 is 1.74 bits per heavy atom. The van der Waals surface area contributed by atoms with Crippen molar-refractivity contribution in [3.8, 4) is 0 Å². The second-order valence-electron chi connectivity index (χ2n) is 8.07. The van der Waals surface area contributed by atoms with Gasteiger partial charge in [-0.3, -0.25) is 24.0 Å². The smallest absolute Gasteiger partial charge is 0.322 e. The van der Waals surface area contributed by atoms with E-state index in [1.54, 1.807) is 6.20 Å². The van der Waals surface area contributed by atoms with E-state index in [1.165, 1.54) is 6.92 Å². The maximum absolute atomic E-state index is 12.8. The lowest BCUT2D eigenvalue weighted by molar-refractivity contribution is -0.139. The van der Waals surface area contributed by atoms with Crippen LogP contribution in [0.5, 0.6) is 0 Å². The molecule has 13 nitrogen and oxygen atoms in total. The Morgan fingerprint density at radius 3 is 2.37 bits per heavy atom. The van der Waals surface area contributed by atoms with Crippen LogP contribution < -0.4 is 27.4 Å². The standard InChI is InChI=1S/C22H30N6O7/c1-11(29)19(22(35)27-16(6-7-17(24)30)21(34)26-10-18(31)32)28-20(33)14(23)8-12-9-25-15-5-3-2-4-13(12)15/h2-5,9,11,14,16,19,25,29H,6-8,10,23H2,1H3,(H2,24,30)(H,26,34)(H,27,35)(H,28,33)(H,31,32). The fraction of sp³-hybridized carbons (Fsp3) is 0.409. The number of aromatic amines is 1. The van der Waals surface area contributed by atoms with Crippen LogP contribution in [0.25, 0.3) is 10.9 Å². The number of para-hydroxylation sites is 1. The van der Waals surface area contributed by atoms with Gasteiger partial charge in [0.25, 0.3) is 0 Å². The Kier molecular flexibility index (Phi) is 9.73. The summed E-state index contributed by atoms with van der Waals surface area (Å²) in [5.74, 6) is -4.54. The number of benzene rings is 1. The molecule has 4 atom stereocenters. The van der Waals surface area contributed by atoms with Gasteiger partial charge in [0.1, 0.15) is 18.6 Å². The van der Waals surface area contributed by atoms with Gasteiger partial charge in [-0.1, -0.05) is 18.2 Å². The molecule has 13 heteroatoms. The number of hydrogen-bond donors (Lipinski definition) is 8. The molecule has 35 heavy (non-hydrogen) atoms. The molecule has 2 rings (SSSR count). The minimum absolute atomic E-state index is 0.156. The van der Waals surface area contributed by atoms with Crippen LogP contribution in [0.4, 0.5) is 0 Å². The normalized spacial score (nSPS) is 14.4. The van der Waals surface area contributed by atoms with Gasteiger partial charge in [0.2, 0.25) is 23.6 Å². The first-order chi connectivity index (χ1) is 16.5. The maximum atomic E-state index is 12.8. The van der Waals surface area contributed by atoms with E-state index < -0.39 is 60.4 Å². The minimum Gasteiger partial charge on any atom is -0.480 e. The van der Waals surface area contributed by atoms with Crippen molar-refractivity contribution in [3.63, 3.8) is 0 Å². The van der Waals surface area contributed by atoms with E-state index >= 15 is 0 Å². The number of aliphatic carboxylic acids is 1. The van der Waals surface area contributed by atoms with Gasteiger partial charge in [-0.05, 0) is 31.4 Å². The largest absolute Gasteiger partial charge is 0.480 e. The molecule has 190 valence electrons. The number of nitrogens with one attached hydrogen (secondary N) is 4. The van der Waals surface area contributed by atoms with E-state index in [9.17, 15) is 29.1 Å². The van der Waals surface area contributed by atoms with E-state index in [-0.39, 0.29) is 19.3 Å². The predicted molar refractivity (Wildman–Crippen MR) is 125 cm³/mol. The second-order valence-corrected chi connectivity index (χ2v) is 8.07. The second kappa shape index (κ2) is 12.5. The van der Waals surface area contributed by atoms with Crippen LogP contribution in [-0.2, 0) is 30.4 Å². The van der Waals surface area contributed by atoms with Gasteiger partial charge in [0.05, 0.1) is 12.1 Å². The van der Waals surface area contributed by atoms with Gasteiger partial charge < -0.3 is 42.6 Å². The molecule has 0 aliphatic heterocycles. The number of primary amides is 1. The van der Waals surface area contributed by atoms with Gasteiger partial charge in [-0.15, -0.1) is 0 Å². The zero-order chi connectivity index (χ0) is 26.1. The number of aromatic nitrogens is 1. The Labute approximate surface area is 200 Å². The Bertz CT molecular complexity index is 1080. The zero-order valence-electron chi connectivity index (χ0n) is 19.1. The Balaban J connectivity index is 2.06. The third kappa shape index (κ3) is 8.08. The molecule has 0 radical (unpaired) electrons. The number of rotatable bonds is 13. The van der Waals surface area contributed by atoms with Crippen LogP contribution in [0.3, 0.4) is 0 Å². The van der Waals surface area contributed by atoms with Crippen LogP contribution in [0.1, 0.15) is 25.3 Å². The average molecular weight is 491 g/mol. The predicted octanol–water partition coefficient (Wildman–Crippen LogP) is -2.15. The van der Waals surface area contributed by atoms with Crippen molar-refractivity contribution in [1.29, 1.82) is 0 Å². The first-order valence-electron chi connectivity index (χ1n) is 10.9. The third-order valence-corrected chi connectivity index (χ3v) is 5.24. The highest BCUT2D eigenvalue weighted by Crippen LogP contribution is 2.18. The monoisotopic (exact) mass is 490 g/mol. The quantitative estimate of drug-likeness (QED) is 0.154. The molecule has 10 N–H and O–H groups in total. The summed E-state index contributed by atoms with van der Waals surface area (Å²) in [7, 11) is 0. The van der Waals surface area contributed by atoms with Crippen molar-refractivity contribution >= 4 is 40.5 Å². The molecule has 4 unspecified atom stereocenters. The number of carbonyl (C=O) groups excluding carboxylic acids is 4. The van der Waals surface area contributed by atoms with Crippen molar-refractivity contribution in [2.24, 2.45) is 11.5 Å². The number of carboxylic acid groups (broad SMARTS) is 1. The topological polar surface area (TPSA) is 230 Å². The molecule has 0 saturated carbocycles. The molecule has 0 spiro atoms. The molecule has 1 aromatic carbocycles. The van der Waals surface area contributed by atoms with Crippen molar-refractivity contribution in [2.75, 3.05) is 6.54 Å². The number of aliphatic hydroxyl groups excluding tert-OH is 1. The van der Waals surface area contributed by atoms with Crippen LogP contribution in [-0.4, -0.2) is 75.6 Å². The van der Waals surface area contributed by atoms with E-state index in [1.807, 2.05) is 24.3 Å². The molecule has 0 aliphatic carbocycles.